The number of carbonyl (C=O) groups is 1. The summed E-state index contributed by atoms with van der Waals surface area (Å²) in [6.07, 6.45) is 1.66. The molecular weight excluding hydrogens is 444 g/mol. The Bertz CT molecular complexity index is 1340. The third-order valence-electron chi connectivity index (χ3n) is 5.79. The minimum Gasteiger partial charge on any atom is -0.467 e. The fraction of sp³-hybridized carbons (Fsp3) is 0.143. The van der Waals surface area contributed by atoms with E-state index in [4.69, 9.17) is 13.8 Å². The van der Waals surface area contributed by atoms with Crippen molar-refractivity contribution in [2.75, 3.05) is 5.75 Å². The number of ketones is 1. The third kappa shape index (κ3) is 4.50. The molecule has 170 valence electrons. The molecule has 0 atom stereocenters. The van der Waals surface area contributed by atoms with Crippen molar-refractivity contribution in [1.29, 1.82) is 0 Å². The Morgan fingerprint density at radius 2 is 1.65 bits per heavy atom. The van der Waals surface area contributed by atoms with Gasteiger partial charge in [0.1, 0.15) is 11.5 Å². The van der Waals surface area contributed by atoms with E-state index in [1.165, 1.54) is 11.8 Å². The van der Waals surface area contributed by atoms with E-state index in [2.05, 4.69) is 4.57 Å². The maximum absolute atomic E-state index is 13.1. The average molecular weight is 469 g/mol. The molecule has 5 aromatic rings. The van der Waals surface area contributed by atoms with Crippen molar-refractivity contribution >= 4 is 17.5 Å². The molecule has 3 aromatic heterocycles. The third-order valence-corrected chi connectivity index (χ3v) is 6.61. The quantitative estimate of drug-likeness (QED) is 0.180. The zero-order valence-corrected chi connectivity index (χ0v) is 19.8. The summed E-state index contributed by atoms with van der Waals surface area (Å²) in [6, 6.07) is 25.6. The Morgan fingerprint density at radius 3 is 2.32 bits per heavy atom. The maximum Gasteiger partial charge on any atom is 0.257 e. The number of aryl methyl sites for hydroxylation is 1. The fourth-order valence-corrected chi connectivity index (χ4v) is 4.74. The highest BCUT2D eigenvalue weighted by atomic mass is 32.2. The number of oxazole rings is 1. The van der Waals surface area contributed by atoms with Crippen LogP contribution in [0.2, 0.25) is 0 Å². The van der Waals surface area contributed by atoms with Gasteiger partial charge in [-0.05, 0) is 32.0 Å². The van der Waals surface area contributed by atoms with Gasteiger partial charge in [0.05, 0.1) is 18.6 Å². The summed E-state index contributed by atoms with van der Waals surface area (Å²) in [4.78, 5) is 17.9. The van der Waals surface area contributed by atoms with E-state index in [1.807, 2.05) is 92.7 Å². The smallest absolute Gasteiger partial charge is 0.257 e. The van der Waals surface area contributed by atoms with E-state index >= 15 is 0 Å². The van der Waals surface area contributed by atoms with Crippen molar-refractivity contribution in [3.05, 3.63) is 108 Å². The van der Waals surface area contributed by atoms with Crippen molar-refractivity contribution in [3.8, 4) is 22.6 Å². The van der Waals surface area contributed by atoms with Gasteiger partial charge in [0.25, 0.3) is 5.22 Å². The van der Waals surface area contributed by atoms with E-state index in [1.54, 1.807) is 6.26 Å². The van der Waals surface area contributed by atoms with Crippen molar-refractivity contribution < 1.29 is 13.6 Å². The van der Waals surface area contributed by atoms with Crippen LogP contribution in [0.3, 0.4) is 0 Å². The summed E-state index contributed by atoms with van der Waals surface area (Å²) in [5.41, 5.74) is 5.38. The summed E-state index contributed by atoms with van der Waals surface area (Å²) < 4.78 is 13.7. The van der Waals surface area contributed by atoms with Crippen LogP contribution >= 0.6 is 11.8 Å². The first-order valence-electron chi connectivity index (χ1n) is 11.1. The van der Waals surface area contributed by atoms with Gasteiger partial charge in [-0.1, -0.05) is 72.4 Å². The number of nitrogens with zero attached hydrogens (tertiary/aromatic N) is 2. The average Bonchev–Trinajstić information content (AvgIpc) is 3.60. The second-order valence-corrected chi connectivity index (χ2v) is 8.98. The Morgan fingerprint density at radius 1 is 0.941 bits per heavy atom. The molecule has 0 radical (unpaired) electrons. The fourth-order valence-electron chi connectivity index (χ4n) is 4.03. The van der Waals surface area contributed by atoms with Crippen molar-refractivity contribution in [2.45, 2.75) is 25.6 Å². The molecule has 3 heterocycles. The van der Waals surface area contributed by atoms with Gasteiger partial charge >= 0.3 is 0 Å². The molecule has 2 aromatic carbocycles. The Kier molecular flexibility index (Phi) is 6.23. The molecule has 34 heavy (non-hydrogen) atoms. The van der Waals surface area contributed by atoms with Gasteiger partial charge < -0.3 is 13.4 Å². The van der Waals surface area contributed by atoms with Gasteiger partial charge in [0.15, 0.2) is 11.5 Å². The molecule has 0 saturated carbocycles. The molecule has 5 nitrogen and oxygen atoms in total. The summed E-state index contributed by atoms with van der Waals surface area (Å²) in [7, 11) is 0. The predicted octanol–water partition coefficient (Wildman–Crippen LogP) is 7.04. The highest BCUT2D eigenvalue weighted by molar-refractivity contribution is 7.99. The Hall–Kier alpha value is -3.77. The molecule has 0 unspecified atom stereocenters. The predicted molar refractivity (Wildman–Crippen MR) is 134 cm³/mol. The Balaban J connectivity index is 1.37. The number of hydrogen-bond donors (Lipinski definition) is 0. The maximum atomic E-state index is 13.1. The molecule has 0 bridgehead atoms. The molecule has 0 N–H and O–H groups in total. The van der Waals surface area contributed by atoms with E-state index < -0.39 is 0 Å². The van der Waals surface area contributed by atoms with Gasteiger partial charge in [0.2, 0.25) is 0 Å². The van der Waals surface area contributed by atoms with Gasteiger partial charge in [-0.25, -0.2) is 4.98 Å². The number of Topliss-reactive ketones (excluding diaryl/α,β-unsaturated/α-hetero) is 1. The van der Waals surface area contributed by atoms with E-state index in [0.29, 0.717) is 17.5 Å². The van der Waals surface area contributed by atoms with Crippen LogP contribution in [0.15, 0.2) is 99.2 Å². The standard InChI is InChI=1S/C28H24N2O3S/c1-19-16-24(20(2)30(19)17-23-14-9-15-32-23)25(31)18-34-28-29-26(21-10-5-3-6-11-21)27(33-28)22-12-7-4-8-13-22/h3-16H,17-18H2,1-2H3. The van der Waals surface area contributed by atoms with Gasteiger partial charge in [0, 0.05) is 28.1 Å². The monoisotopic (exact) mass is 468 g/mol. The summed E-state index contributed by atoms with van der Waals surface area (Å²) in [5, 5.41) is 0.482. The second-order valence-electron chi connectivity index (χ2n) is 8.05. The van der Waals surface area contributed by atoms with Crippen molar-refractivity contribution in [3.63, 3.8) is 0 Å². The topological polar surface area (TPSA) is 61.2 Å². The first kappa shape index (κ1) is 22.0. The summed E-state index contributed by atoms with van der Waals surface area (Å²) in [5.74, 6) is 1.85. The van der Waals surface area contributed by atoms with Crippen LogP contribution in [0.4, 0.5) is 0 Å². The van der Waals surface area contributed by atoms with E-state index in [0.717, 1.165) is 39.5 Å². The molecule has 0 aliphatic rings. The highest BCUT2D eigenvalue weighted by Gasteiger charge is 2.20. The summed E-state index contributed by atoms with van der Waals surface area (Å²) >= 11 is 1.32. The number of thioether (sulfide) groups is 1. The molecule has 0 aliphatic carbocycles. The number of furan rings is 1. The zero-order chi connectivity index (χ0) is 23.5. The molecule has 0 spiro atoms. The first-order valence-corrected chi connectivity index (χ1v) is 12.1. The first-order chi connectivity index (χ1) is 16.6. The molecule has 0 aliphatic heterocycles. The number of rotatable bonds is 8. The molecule has 5 rings (SSSR count). The Labute approximate surface area is 202 Å². The van der Waals surface area contributed by atoms with Crippen LogP contribution in [0.25, 0.3) is 22.6 Å². The second kappa shape index (κ2) is 9.61. The molecule has 0 amide bonds. The van der Waals surface area contributed by atoms with Crippen LogP contribution in [0.1, 0.15) is 27.5 Å². The van der Waals surface area contributed by atoms with Crippen LogP contribution < -0.4 is 0 Å². The molecule has 0 fully saturated rings. The zero-order valence-electron chi connectivity index (χ0n) is 19.0. The normalized spacial score (nSPS) is 11.1. The molecular formula is C28H24N2O3S. The largest absolute Gasteiger partial charge is 0.467 e. The van der Waals surface area contributed by atoms with Crippen molar-refractivity contribution in [2.24, 2.45) is 0 Å². The lowest BCUT2D eigenvalue weighted by Crippen LogP contribution is -2.07. The van der Waals surface area contributed by atoms with E-state index in [9.17, 15) is 4.79 Å². The van der Waals surface area contributed by atoms with Gasteiger partial charge in [-0.15, -0.1) is 0 Å². The van der Waals surface area contributed by atoms with Crippen LogP contribution in [0, 0.1) is 13.8 Å². The van der Waals surface area contributed by atoms with E-state index in [-0.39, 0.29) is 11.5 Å². The lowest BCUT2D eigenvalue weighted by molar-refractivity contribution is 0.102. The lowest BCUT2D eigenvalue weighted by atomic mass is 10.1. The van der Waals surface area contributed by atoms with Crippen LogP contribution in [-0.4, -0.2) is 21.1 Å². The lowest BCUT2D eigenvalue weighted by Gasteiger charge is -2.07. The minimum absolute atomic E-state index is 0.0458. The number of carbonyl (C=O) groups excluding carboxylic acids is 1. The van der Waals surface area contributed by atoms with Gasteiger partial charge in [-0.2, -0.15) is 0 Å². The van der Waals surface area contributed by atoms with Crippen LogP contribution in [0.5, 0.6) is 0 Å². The minimum atomic E-state index is 0.0458. The molecule has 0 saturated heterocycles. The van der Waals surface area contributed by atoms with Crippen molar-refractivity contribution in [1.82, 2.24) is 9.55 Å². The number of benzene rings is 2. The van der Waals surface area contributed by atoms with Gasteiger partial charge in [-0.3, -0.25) is 4.79 Å². The summed E-state index contributed by atoms with van der Waals surface area (Å²) in [6.45, 7) is 4.58. The molecule has 6 heteroatoms. The number of aromatic nitrogens is 2. The highest BCUT2D eigenvalue weighted by Crippen LogP contribution is 2.35. The number of hydrogen-bond acceptors (Lipinski definition) is 5. The van der Waals surface area contributed by atoms with Crippen LogP contribution in [-0.2, 0) is 6.54 Å². The SMILES string of the molecule is Cc1cc(C(=O)CSc2nc(-c3ccccc3)c(-c3ccccc3)o2)c(C)n1Cc1ccco1.